The summed E-state index contributed by atoms with van der Waals surface area (Å²) >= 11 is 3.35. The van der Waals surface area contributed by atoms with Crippen LogP contribution in [0.1, 0.15) is 22.0 Å². The van der Waals surface area contributed by atoms with Crippen LogP contribution in [0.5, 0.6) is 11.5 Å². The average Bonchev–Trinajstić information content (AvgIpc) is 3.17. The molecule has 1 unspecified atom stereocenters. The monoisotopic (exact) mass is 445 g/mol. The molecule has 0 aliphatic heterocycles. The molecule has 0 radical (unpaired) electrons. The second kappa shape index (κ2) is 8.90. The van der Waals surface area contributed by atoms with E-state index in [-0.39, 0.29) is 12.5 Å². The second-order valence-corrected chi connectivity index (χ2v) is 6.90. The number of rotatable bonds is 7. The van der Waals surface area contributed by atoms with Crippen LogP contribution in [-0.2, 0) is 0 Å². The SMILES string of the molecule is COc1ccc(OC)c(C(O)CNC(=O)c2ccc(-n3cc(Br)cn3)cc2)c1. The molecule has 0 saturated heterocycles. The second-order valence-electron chi connectivity index (χ2n) is 5.98. The zero-order chi connectivity index (χ0) is 20.1. The molecule has 1 aromatic heterocycles. The Morgan fingerprint density at radius 1 is 1.21 bits per heavy atom. The van der Waals surface area contributed by atoms with Crippen molar-refractivity contribution in [3.63, 3.8) is 0 Å². The molecule has 8 heteroatoms. The predicted octanol–water partition coefficient (Wildman–Crippen LogP) is 3.12. The van der Waals surface area contributed by atoms with E-state index < -0.39 is 6.10 Å². The molecule has 146 valence electrons. The van der Waals surface area contributed by atoms with Gasteiger partial charge in [-0.3, -0.25) is 4.79 Å². The minimum Gasteiger partial charge on any atom is -0.497 e. The van der Waals surface area contributed by atoms with Crippen molar-refractivity contribution in [1.29, 1.82) is 0 Å². The number of halogens is 1. The van der Waals surface area contributed by atoms with Crippen molar-refractivity contribution in [2.75, 3.05) is 20.8 Å². The number of aliphatic hydroxyl groups is 1. The number of aromatic nitrogens is 2. The third-order valence-electron chi connectivity index (χ3n) is 4.20. The molecule has 3 rings (SSSR count). The number of benzene rings is 2. The van der Waals surface area contributed by atoms with Gasteiger partial charge in [-0.2, -0.15) is 5.10 Å². The van der Waals surface area contributed by atoms with Gasteiger partial charge < -0.3 is 19.9 Å². The summed E-state index contributed by atoms with van der Waals surface area (Å²) in [5.74, 6) is 0.841. The van der Waals surface area contributed by atoms with Crippen molar-refractivity contribution in [1.82, 2.24) is 15.1 Å². The lowest BCUT2D eigenvalue weighted by Crippen LogP contribution is -2.28. The minimum atomic E-state index is -0.935. The molecule has 1 atom stereocenters. The van der Waals surface area contributed by atoms with Gasteiger partial charge in [0.25, 0.3) is 5.91 Å². The normalized spacial score (nSPS) is 11.7. The zero-order valence-corrected chi connectivity index (χ0v) is 17.0. The van der Waals surface area contributed by atoms with Crippen LogP contribution in [-0.4, -0.2) is 41.6 Å². The molecule has 0 aliphatic rings. The molecule has 0 saturated carbocycles. The molecule has 28 heavy (non-hydrogen) atoms. The Balaban J connectivity index is 1.65. The van der Waals surface area contributed by atoms with Crippen LogP contribution in [0.15, 0.2) is 59.3 Å². The van der Waals surface area contributed by atoms with Crippen LogP contribution in [0.25, 0.3) is 5.69 Å². The average molecular weight is 446 g/mol. The fourth-order valence-electron chi connectivity index (χ4n) is 2.71. The lowest BCUT2D eigenvalue weighted by atomic mass is 10.1. The van der Waals surface area contributed by atoms with Gasteiger partial charge in [0, 0.05) is 23.9 Å². The summed E-state index contributed by atoms with van der Waals surface area (Å²) < 4.78 is 13.0. The molecule has 0 bridgehead atoms. The van der Waals surface area contributed by atoms with Gasteiger partial charge in [0.1, 0.15) is 17.6 Å². The number of hydrogen-bond donors (Lipinski definition) is 2. The quantitative estimate of drug-likeness (QED) is 0.583. The molecule has 7 nitrogen and oxygen atoms in total. The first-order chi connectivity index (χ1) is 13.5. The molecule has 0 fully saturated rings. The molecule has 2 aromatic carbocycles. The number of carbonyl (C=O) groups is 1. The molecule has 1 amide bonds. The van der Waals surface area contributed by atoms with Crippen LogP contribution in [0.2, 0.25) is 0 Å². The number of carbonyl (C=O) groups excluding carboxylic acids is 1. The lowest BCUT2D eigenvalue weighted by Gasteiger charge is -2.16. The maximum absolute atomic E-state index is 12.4. The third-order valence-corrected chi connectivity index (χ3v) is 4.61. The zero-order valence-electron chi connectivity index (χ0n) is 15.4. The van der Waals surface area contributed by atoms with Crippen LogP contribution in [0.4, 0.5) is 0 Å². The summed E-state index contributed by atoms with van der Waals surface area (Å²) in [6.45, 7) is 0.0379. The van der Waals surface area contributed by atoms with E-state index in [1.807, 2.05) is 6.20 Å². The Morgan fingerprint density at radius 3 is 2.57 bits per heavy atom. The Hall–Kier alpha value is -2.84. The molecular weight excluding hydrogens is 426 g/mol. The highest BCUT2D eigenvalue weighted by atomic mass is 79.9. The Morgan fingerprint density at radius 2 is 1.96 bits per heavy atom. The van der Waals surface area contributed by atoms with Crippen LogP contribution in [0, 0.1) is 0 Å². The summed E-state index contributed by atoms with van der Waals surface area (Å²) in [4.78, 5) is 12.4. The maximum atomic E-state index is 12.4. The minimum absolute atomic E-state index is 0.0379. The fraction of sp³-hybridized carbons (Fsp3) is 0.200. The number of aliphatic hydroxyl groups excluding tert-OH is 1. The molecule has 2 N–H and O–H groups in total. The van der Waals surface area contributed by atoms with Gasteiger partial charge in [0.05, 0.1) is 30.6 Å². The van der Waals surface area contributed by atoms with Crippen molar-refractivity contribution >= 4 is 21.8 Å². The molecule has 0 aliphatic carbocycles. The van der Waals surface area contributed by atoms with E-state index >= 15 is 0 Å². The number of methoxy groups -OCH3 is 2. The summed E-state index contributed by atoms with van der Waals surface area (Å²) in [7, 11) is 3.07. The van der Waals surface area contributed by atoms with Crippen molar-refractivity contribution in [3.8, 4) is 17.2 Å². The van der Waals surface area contributed by atoms with E-state index in [4.69, 9.17) is 9.47 Å². The standard InChI is InChI=1S/C20H20BrN3O4/c1-27-16-7-8-19(28-2)17(9-16)18(25)11-22-20(26)13-3-5-15(6-4-13)24-12-14(21)10-23-24/h3-10,12,18,25H,11H2,1-2H3,(H,22,26). The molecule has 1 heterocycles. The summed E-state index contributed by atoms with van der Waals surface area (Å²) in [5.41, 5.74) is 1.87. The van der Waals surface area contributed by atoms with Gasteiger partial charge in [-0.1, -0.05) is 0 Å². The van der Waals surface area contributed by atoms with Gasteiger partial charge in [0.2, 0.25) is 0 Å². The van der Waals surface area contributed by atoms with Gasteiger partial charge >= 0.3 is 0 Å². The summed E-state index contributed by atoms with van der Waals surface area (Å²) in [6, 6.07) is 12.2. The topological polar surface area (TPSA) is 85.6 Å². The van der Waals surface area contributed by atoms with Gasteiger partial charge in [-0.25, -0.2) is 4.68 Å². The van der Waals surface area contributed by atoms with Crippen molar-refractivity contribution < 1.29 is 19.4 Å². The van der Waals surface area contributed by atoms with Crippen LogP contribution in [0.3, 0.4) is 0 Å². The first-order valence-corrected chi connectivity index (χ1v) is 9.30. The number of nitrogens with zero attached hydrogens (tertiary/aromatic N) is 2. The third kappa shape index (κ3) is 4.52. The van der Waals surface area contributed by atoms with Gasteiger partial charge in [0.15, 0.2) is 0 Å². The smallest absolute Gasteiger partial charge is 0.251 e. The Labute approximate surface area is 171 Å². The summed E-state index contributed by atoms with van der Waals surface area (Å²) in [6.07, 6.45) is 2.58. The van der Waals surface area contributed by atoms with Crippen LogP contribution < -0.4 is 14.8 Å². The van der Waals surface area contributed by atoms with Crippen molar-refractivity contribution in [2.45, 2.75) is 6.10 Å². The molecule has 3 aromatic rings. The van der Waals surface area contributed by atoms with Gasteiger partial charge in [-0.15, -0.1) is 0 Å². The molecule has 0 spiro atoms. The Bertz CT molecular complexity index is 956. The van der Waals surface area contributed by atoms with E-state index in [0.29, 0.717) is 22.6 Å². The van der Waals surface area contributed by atoms with Crippen molar-refractivity contribution in [2.24, 2.45) is 0 Å². The van der Waals surface area contributed by atoms with Gasteiger partial charge in [-0.05, 0) is 58.4 Å². The first kappa shape index (κ1) is 19.9. The van der Waals surface area contributed by atoms with E-state index in [2.05, 4.69) is 26.3 Å². The highest BCUT2D eigenvalue weighted by Gasteiger charge is 2.16. The predicted molar refractivity (Wildman–Crippen MR) is 108 cm³/mol. The van der Waals surface area contributed by atoms with E-state index in [1.165, 1.54) is 7.11 Å². The van der Waals surface area contributed by atoms with E-state index in [0.717, 1.165) is 10.2 Å². The fourth-order valence-corrected chi connectivity index (χ4v) is 2.99. The summed E-state index contributed by atoms with van der Waals surface area (Å²) in [5, 5.41) is 17.4. The molecular formula is C20H20BrN3O4. The Kier molecular flexibility index (Phi) is 6.33. The largest absolute Gasteiger partial charge is 0.497 e. The highest BCUT2D eigenvalue weighted by Crippen LogP contribution is 2.29. The highest BCUT2D eigenvalue weighted by molar-refractivity contribution is 9.10. The first-order valence-electron chi connectivity index (χ1n) is 8.50. The lowest BCUT2D eigenvalue weighted by molar-refractivity contribution is 0.0914. The number of hydrogen-bond acceptors (Lipinski definition) is 5. The van der Waals surface area contributed by atoms with E-state index in [9.17, 15) is 9.90 Å². The number of amides is 1. The number of ether oxygens (including phenoxy) is 2. The van der Waals surface area contributed by atoms with Crippen molar-refractivity contribution in [3.05, 3.63) is 70.5 Å². The maximum Gasteiger partial charge on any atom is 0.251 e. The van der Waals surface area contributed by atoms with E-state index in [1.54, 1.807) is 60.5 Å². The number of nitrogens with one attached hydrogen (secondary N) is 1. The van der Waals surface area contributed by atoms with Crippen LogP contribution >= 0.6 is 15.9 Å².